The van der Waals surface area contributed by atoms with Crippen molar-refractivity contribution in [2.75, 3.05) is 13.2 Å². The van der Waals surface area contributed by atoms with E-state index in [-0.39, 0.29) is 31.1 Å². The van der Waals surface area contributed by atoms with Gasteiger partial charge >= 0.3 is 17.9 Å². The van der Waals surface area contributed by atoms with Crippen molar-refractivity contribution in [1.82, 2.24) is 0 Å². The largest absolute Gasteiger partial charge is 0.462 e. The molecule has 6 heteroatoms. The number of carbonyl (C=O) groups is 3. The second-order valence-electron chi connectivity index (χ2n) is 19.9. The first-order valence-corrected chi connectivity index (χ1v) is 31.0. The number of carbonyl (C=O) groups excluding carboxylic acids is 3. The maximum Gasteiger partial charge on any atom is 0.306 e. The van der Waals surface area contributed by atoms with Gasteiger partial charge in [-0.3, -0.25) is 14.4 Å². The lowest BCUT2D eigenvalue weighted by Gasteiger charge is -2.18. The molecule has 1 atom stereocenters. The summed E-state index contributed by atoms with van der Waals surface area (Å²) in [5.74, 6) is -0.942. The van der Waals surface area contributed by atoms with Crippen LogP contribution in [-0.2, 0) is 28.6 Å². The minimum absolute atomic E-state index is 0.0947. The van der Waals surface area contributed by atoms with Gasteiger partial charge in [0.15, 0.2) is 6.10 Å². The van der Waals surface area contributed by atoms with E-state index in [2.05, 4.69) is 179 Å². The molecule has 0 aromatic carbocycles. The summed E-state index contributed by atoms with van der Waals surface area (Å²) in [7, 11) is 0. The summed E-state index contributed by atoms with van der Waals surface area (Å²) in [6, 6.07) is 0. The van der Waals surface area contributed by atoms with E-state index >= 15 is 0 Å². The number of allylic oxidation sites excluding steroid dienone is 26. The van der Waals surface area contributed by atoms with Gasteiger partial charge in [0, 0.05) is 19.3 Å². The average molecular weight is 1060 g/mol. The first-order valence-electron chi connectivity index (χ1n) is 31.0. The summed E-state index contributed by atoms with van der Waals surface area (Å²) in [5.41, 5.74) is 0. The highest BCUT2D eigenvalue weighted by molar-refractivity contribution is 5.71. The summed E-state index contributed by atoms with van der Waals surface area (Å²) in [6.45, 7) is 6.29. The summed E-state index contributed by atoms with van der Waals surface area (Å²) in [4.78, 5) is 37.9. The molecular weight excluding hydrogens is 949 g/mol. The molecule has 0 aromatic heterocycles. The lowest BCUT2D eigenvalue weighted by atomic mass is 10.1. The smallest absolute Gasteiger partial charge is 0.306 e. The highest BCUT2D eigenvalue weighted by atomic mass is 16.6. The third-order valence-electron chi connectivity index (χ3n) is 12.5. The van der Waals surface area contributed by atoms with Crippen LogP contribution >= 0.6 is 0 Å². The van der Waals surface area contributed by atoms with Crippen molar-refractivity contribution >= 4 is 17.9 Å². The molecule has 432 valence electrons. The third kappa shape index (κ3) is 61.8. The predicted octanol–water partition coefficient (Wildman–Crippen LogP) is 21.3. The minimum atomic E-state index is -0.795. The molecular formula is C71H112O6. The van der Waals surface area contributed by atoms with Crippen LogP contribution in [0.15, 0.2) is 158 Å². The third-order valence-corrected chi connectivity index (χ3v) is 12.5. The molecule has 0 aliphatic carbocycles. The van der Waals surface area contributed by atoms with Gasteiger partial charge in [-0.2, -0.15) is 0 Å². The fourth-order valence-corrected chi connectivity index (χ4v) is 7.95. The number of ether oxygens (including phenoxy) is 3. The number of esters is 3. The van der Waals surface area contributed by atoms with Gasteiger partial charge in [-0.25, -0.2) is 0 Å². The minimum Gasteiger partial charge on any atom is -0.462 e. The highest BCUT2D eigenvalue weighted by Gasteiger charge is 2.19. The second-order valence-corrected chi connectivity index (χ2v) is 19.9. The quantitative estimate of drug-likeness (QED) is 0.0261. The van der Waals surface area contributed by atoms with Crippen LogP contribution in [0.4, 0.5) is 0 Å². The molecule has 0 saturated carbocycles. The van der Waals surface area contributed by atoms with Gasteiger partial charge in [0.2, 0.25) is 0 Å². The van der Waals surface area contributed by atoms with Gasteiger partial charge in [0.05, 0.1) is 0 Å². The topological polar surface area (TPSA) is 78.9 Å². The lowest BCUT2D eigenvalue weighted by molar-refractivity contribution is -0.167. The Bertz CT molecular complexity index is 1740. The van der Waals surface area contributed by atoms with Gasteiger partial charge in [0.25, 0.3) is 0 Å². The van der Waals surface area contributed by atoms with Crippen LogP contribution in [0.2, 0.25) is 0 Å². The molecule has 0 amide bonds. The van der Waals surface area contributed by atoms with Crippen molar-refractivity contribution in [3.05, 3.63) is 158 Å². The summed E-state index contributed by atoms with van der Waals surface area (Å²) in [6.07, 6.45) is 92.9. The molecule has 0 heterocycles. The average Bonchev–Trinajstić information content (AvgIpc) is 3.43. The normalized spacial score (nSPS) is 13.2. The Labute approximate surface area is 473 Å². The summed E-state index contributed by atoms with van der Waals surface area (Å²) >= 11 is 0. The van der Waals surface area contributed by atoms with Crippen LogP contribution in [0.25, 0.3) is 0 Å². The summed E-state index contributed by atoms with van der Waals surface area (Å²) in [5, 5.41) is 0. The van der Waals surface area contributed by atoms with E-state index < -0.39 is 6.10 Å². The number of hydrogen-bond acceptors (Lipinski definition) is 6. The Balaban J connectivity index is 4.14. The molecule has 77 heavy (non-hydrogen) atoms. The summed E-state index contributed by atoms with van der Waals surface area (Å²) < 4.78 is 16.7. The molecule has 6 nitrogen and oxygen atoms in total. The van der Waals surface area contributed by atoms with Crippen molar-refractivity contribution in [2.24, 2.45) is 0 Å². The Morgan fingerprint density at radius 3 is 0.792 bits per heavy atom. The predicted molar refractivity (Wildman–Crippen MR) is 334 cm³/mol. The van der Waals surface area contributed by atoms with E-state index in [1.165, 1.54) is 32.1 Å². The van der Waals surface area contributed by atoms with Crippen molar-refractivity contribution in [1.29, 1.82) is 0 Å². The van der Waals surface area contributed by atoms with Gasteiger partial charge in [-0.15, -0.1) is 0 Å². The van der Waals surface area contributed by atoms with Gasteiger partial charge in [-0.1, -0.05) is 262 Å². The zero-order valence-corrected chi connectivity index (χ0v) is 49.4. The molecule has 0 radical (unpaired) electrons. The van der Waals surface area contributed by atoms with Crippen molar-refractivity contribution in [3.8, 4) is 0 Å². The molecule has 0 rings (SSSR count). The van der Waals surface area contributed by atoms with Gasteiger partial charge in [-0.05, 0) is 128 Å². The Hall–Kier alpha value is -4.97. The molecule has 0 bridgehead atoms. The molecule has 0 aliphatic heterocycles. The van der Waals surface area contributed by atoms with Crippen LogP contribution in [0, 0.1) is 0 Å². The molecule has 0 fully saturated rings. The fourth-order valence-electron chi connectivity index (χ4n) is 7.95. The van der Waals surface area contributed by atoms with Crippen LogP contribution in [0.1, 0.15) is 252 Å². The van der Waals surface area contributed by atoms with E-state index in [0.717, 1.165) is 180 Å². The van der Waals surface area contributed by atoms with Crippen LogP contribution < -0.4 is 0 Å². The van der Waals surface area contributed by atoms with Crippen LogP contribution in [0.3, 0.4) is 0 Å². The van der Waals surface area contributed by atoms with E-state index in [1.54, 1.807) is 0 Å². The first-order chi connectivity index (χ1) is 38.0. The molecule has 0 aliphatic rings. The van der Waals surface area contributed by atoms with Crippen LogP contribution in [-0.4, -0.2) is 37.2 Å². The monoisotopic (exact) mass is 1060 g/mol. The Morgan fingerprint density at radius 2 is 0.506 bits per heavy atom. The Morgan fingerprint density at radius 1 is 0.273 bits per heavy atom. The number of rotatable bonds is 54. The van der Waals surface area contributed by atoms with Crippen molar-refractivity contribution in [3.63, 3.8) is 0 Å². The molecule has 0 N–H and O–H groups in total. The standard InChI is InChI=1S/C71H112O6/c1-4-7-10-13-15-17-19-21-23-25-27-29-30-31-32-33-34-35-36-37-38-39-40-42-43-45-47-49-51-53-55-58-61-64-70(73)76-67-68(66-75-69(72)63-60-57-12-9-6-3)77-71(74)65-62-59-56-54-52-50-48-46-44-41-28-26-24-22-20-18-16-14-11-8-5-2/h7-8,10-11,15-18,21-24,27-29,31-32,34-35,37-38,40-42,46,48,68H,4-6,9,12-14,19-20,25-26,30,33,36,39,43-45,47,49-67H2,1-3H3/b10-7-,11-8-,17-15-,18-16-,23-21-,24-22-,29-27-,32-31-,35-34-,38-37-,41-28-,42-40-,48-46-. The van der Waals surface area contributed by atoms with E-state index in [9.17, 15) is 14.4 Å². The first kappa shape index (κ1) is 72.0. The maximum atomic E-state index is 12.8. The zero-order valence-electron chi connectivity index (χ0n) is 49.4. The SMILES string of the molecule is CC/C=C\C/C=C\C/C=C\C/C=C\C/C=C\C/C=C\C/C=C\C/C=C\CCCCCCCCCCC(=O)OCC(COC(=O)CCCCCCC)OC(=O)CCCCCCC/C=C\C/C=C\C/C=C\C/C=C\C/C=C\CC. The number of hydrogen-bond donors (Lipinski definition) is 0. The highest BCUT2D eigenvalue weighted by Crippen LogP contribution is 2.14. The lowest BCUT2D eigenvalue weighted by Crippen LogP contribution is -2.30. The zero-order chi connectivity index (χ0) is 55.7. The van der Waals surface area contributed by atoms with E-state index in [0.29, 0.717) is 19.3 Å². The number of unbranched alkanes of at least 4 members (excludes halogenated alkanes) is 17. The second kappa shape index (κ2) is 63.6. The molecule has 0 spiro atoms. The molecule has 0 saturated heterocycles. The maximum absolute atomic E-state index is 12.8. The van der Waals surface area contributed by atoms with Gasteiger partial charge < -0.3 is 14.2 Å². The molecule has 0 aromatic rings. The van der Waals surface area contributed by atoms with Gasteiger partial charge in [0.1, 0.15) is 13.2 Å². The van der Waals surface area contributed by atoms with Crippen molar-refractivity contribution in [2.45, 2.75) is 258 Å². The molecule has 1 unspecified atom stereocenters. The fraction of sp³-hybridized carbons (Fsp3) is 0.592. The van der Waals surface area contributed by atoms with E-state index in [1.807, 2.05) is 0 Å². The van der Waals surface area contributed by atoms with Crippen molar-refractivity contribution < 1.29 is 28.6 Å². The van der Waals surface area contributed by atoms with E-state index in [4.69, 9.17) is 14.2 Å². The Kier molecular flexibility index (Phi) is 59.5. The van der Waals surface area contributed by atoms with Crippen LogP contribution in [0.5, 0.6) is 0 Å².